The third kappa shape index (κ3) is 4.54. The maximum absolute atomic E-state index is 12.3. The SMILES string of the molecule is CN(C)S(=O)(=O)CCNC(=O)CCn1c(=O)[nH]c2ccccc2c1=O. The molecule has 0 saturated heterocycles. The molecule has 2 N–H and O–H groups in total. The monoisotopic (exact) mass is 368 g/mol. The molecule has 136 valence electrons. The highest BCUT2D eigenvalue weighted by Gasteiger charge is 2.14. The van der Waals surface area contributed by atoms with E-state index < -0.39 is 27.2 Å². The molecule has 1 heterocycles. The number of amides is 1. The standard InChI is InChI=1S/C15H20N4O5S/c1-18(2)25(23,24)10-8-16-13(20)7-9-19-14(21)11-5-3-4-6-12(11)17-15(19)22/h3-6H,7-10H2,1-2H3,(H,16,20)(H,17,22). The maximum atomic E-state index is 12.3. The van der Waals surface area contributed by atoms with Crippen LogP contribution in [0.3, 0.4) is 0 Å². The highest BCUT2D eigenvalue weighted by molar-refractivity contribution is 7.89. The van der Waals surface area contributed by atoms with Crippen molar-refractivity contribution in [2.24, 2.45) is 0 Å². The van der Waals surface area contributed by atoms with E-state index in [0.717, 1.165) is 8.87 Å². The van der Waals surface area contributed by atoms with Gasteiger partial charge in [0.25, 0.3) is 5.56 Å². The molecule has 2 rings (SSSR count). The summed E-state index contributed by atoms with van der Waals surface area (Å²) in [5.74, 6) is -0.657. The largest absolute Gasteiger partial charge is 0.355 e. The molecule has 1 aromatic heterocycles. The molecule has 1 aromatic carbocycles. The number of sulfonamides is 1. The summed E-state index contributed by atoms with van der Waals surface area (Å²) in [6.07, 6.45) is -0.108. The summed E-state index contributed by atoms with van der Waals surface area (Å²) in [6.45, 7) is -0.131. The first-order chi connectivity index (χ1) is 11.7. The molecule has 25 heavy (non-hydrogen) atoms. The van der Waals surface area contributed by atoms with Crippen LogP contribution in [0.15, 0.2) is 33.9 Å². The molecule has 0 spiro atoms. The van der Waals surface area contributed by atoms with Crippen LogP contribution in [0.4, 0.5) is 0 Å². The summed E-state index contributed by atoms with van der Waals surface area (Å²) in [4.78, 5) is 38.7. The Morgan fingerprint density at radius 3 is 2.60 bits per heavy atom. The highest BCUT2D eigenvalue weighted by Crippen LogP contribution is 2.03. The summed E-state index contributed by atoms with van der Waals surface area (Å²) in [6, 6.07) is 6.61. The van der Waals surface area contributed by atoms with Gasteiger partial charge in [-0.25, -0.2) is 17.5 Å². The smallest absolute Gasteiger partial charge is 0.328 e. The Kier molecular flexibility index (Phi) is 5.75. The van der Waals surface area contributed by atoms with Crippen molar-refractivity contribution in [1.29, 1.82) is 0 Å². The van der Waals surface area contributed by atoms with Gasteiger partial charge in [-0.3, -0.25) is 14.2 Å². The average molecular weight is 368 g/mol. The van der Waals surface area contributed by atoms with Crippen LogP contribution in [0.2, 0.25) is 0 Å². The minimum absolute atomic E-state index is 0.0394. The first-order valence-electron chi connectivity index (χ1n) is 7.61. The molecule has 0 atom stereocenters. The van der Waals surface area contributed by atoms with E-state index in [2.05, 4.69) is 10.3 Å². The molecule has 0 aliphatic carbocycles. The average Bonchev–Trinajstić information content (AvgIpc) is 2.54. The predicted molar refractivity (Wildman–Crippen MR) is 93.9 cm³/mol. The van der Waals surface area contributed by atoms with Gasteiger partial charge in [0.2, 0.25) is 15.9 Å². The fourth-order valence-electron chi connectivity index (χ4n) is 2.21. The first-order valence-corrected chi connectivity index (χ1v) is 9.22. The van der Waals surface area contributed by atoms with Crippen LogP contribution >= 0.6 is 0 Å². The second kappa shape index (κ2) is 7.62. The highest BCUT2D eigenvalue weighted by atomic mass is 32.2. The van der Waals surface area contributed by atoms with E-state index in [4.69, 9.17) is 0 Å². The van der Waals surface area contributed by atoms with Crippen LogP contribution in [0.5, 0.6) is 0 Å². The lowest BCUT2D eigenvalue weighted by molar-refractivity contribution is -0.121. The van der Waals surface area contributed by atoms with E-state index in [9.17, 15) is 22.8 Å². The Morgan fingerprint density at radius 1 is 1.24 bits per heavy atom. The zero-order valence-electron chi connectivity index (χ0n) is 14.0. The number of benzene rings is 1. The molecule has 10 heteroatoms. The van der Waals surface area contributed by atoms with Gasteiger partial charge >= 0.3 is 5.69 Å². The van der Waals surface area contributed by atoms with Crippen LogP contribution in [-0.2, 0) is 21.4 Å². The molecule has 0 unspecified atom stereocenters. The number of aromatic nitrogens is 2. The number of carbonyl (C=O) groups is 1. The van der Waals surface area contributed by atoms with E-state index >= 15 is 0 Å². The number of fused-ring (bicyclic) bond motifs is 1. The summed E-state index contributed by atoms with van der Waals surface area (Å²) in [5.41, 5.74) is -0.624. The molecule has 0 fully saturated rings. The van der Waals surface area contributed by atoms with E-state index in [1.165, 1.54) is 14.1 Å². The zero-order valence-corrected chi connectivity index (χ0v) is 14.8. The molecule has 9 nitrogen and oxygen atoms in total. The topological polar surface area (TPSA) is 121 Å². The molecule has 1 amide bonds. The molecule has 0 bridgehead atoms. The second-order valence-corrected chi connectivity index (χ2v) is 7.93. The minimum Gasteiger partial charge on any atom is -0.355 e. The van der Waals surface area contributed by atoms with Gasteiger partial charge in [0.05, 0.1) is 16.7 Å². The van der Waals surface area contributed by atoms with Gasteiger partial charge in [-0.15, -0.1) is 0 Å². The number of para-hydroxylation sites is 1. The first kappa shape index (κ1) is 18.9. The van der Waals surface area contributed by atoms with Crippen molar-refractivity contribution in [3.8, 4) is 0 Å². The molecular weight excluding hydrogens is 348 g/mol. The van der Waals surface area contributed by atoms with Crippen molar-refractivity contribution in [1.82, 2.24) is 19.2 Å². The number of nitrogens with one attached hydrogen (secondary N) is 2. The molecule has 2 aromatic rings. The second-order valence-electron chi connectivity index (χ2n) is 5.63. The number of rotatable bonds is 7. The third-order valence-electron chi connectivity index (χ3n) is 3.69. The third-order valence-corrected chi connectivity index (χ3v) is 5.52. The van der Waals surface area contributed by atoms with Gasteiger partial charge in [0.1, 0.15) is 0 Å². The number of aromatic amines is 1. The van der Waals surface area contributed by atoms with Crippen molar-refractivity contribution in [3.63, 3.8) is 0 Å². The molecule has 0 aliphatic heterocycles. The van der Waals surface area contributed by atoms with Gasteiger partial charge in [0, 0.05) is 33.6 Å². The lowest BCUT2D eigenvalue weighted by Gasteiger charge is -2.11. The Morgan fingerprint density at radius 2 is 1.92 bits per heavy atom. The lowest BCUT2D eigenvalue weighted by Crippen LogP contribution is -2.38. The number of carbonyl (C=O) groups excluding carboxylic acids is 1. The van der Waals surface area contributed by atoms with E-state index in [1.807, 2.05) is 0 Å². The minimum atomic E-state index is -3.39. The summed E-state index contributed by atoms with van der Waals surface area (Å²) in [7, 11) is -0.566. The van der Waals surface area contributed by atoms with Crippen LogP contribution in [0.1, 0.15) is 6.42 Å². The Balaban J connectivity index is 2.00. The van der Waals surface area contributed by atoms with Crippen molar-refractivity contribution in [3.05, 3.63) is 45.1 Å². The Bertz CT molecular complexity index is 991. The van der Waals surface area contributed by atoms with Gasteiger partial charge < -0.3 is 10.3 Å². The normalized spacial score (nSPS) is 11.8. The van der Waals surface area contributed by atoms with Crippen LogP contribution < -0.4 is 16.6 Å². The lowest BCUT2D eigenvalue weighted by atomic mass is 10.2. The maximum Gasteiger partial charge on any atom is 0.328 e. The molecule has 0 saturated carbocycles. The van der Waals surface area contributed by atoms with Crippen LogP contribution in [-0.4, -0.2) is 54.6 Å². The van der Waals surface area contributed by atoms with Crippen LogP contribution in [0.25, 0.3) is 10.9 Å². The number of hydrogen-bond acceptors (Lipinski definition) is 5. The molecular formula is C15H20N4O5S. The summed E-state index contributed by atoms with van der Waals surface area (Å²) < 4.78 is 25.2. The van der Waals surface area contributed by atoms with E-state index in [-0.39, 0.29) is 25.3 Å². The van der Waals surface area contributed by atoms with Crippen molar-refractivity contribution in [2.75, 3.05) is 26.4 Å². The molecule has 0 radical (unpaired) electrons. The Labute approximate surface area is 144 Å². The Hall–Kier alpha value is -2.46. The van der Waals surface area contributed by atoms with Gasteiger partial charge in [0.15, 0.2) is 0 Å². The zero-order chi connectivity index (χ0) is 18.6. The fraction of sp³-hybridized carbons (Fsp3) is 0.400. The van der Waals surface area contributed by atoms with Crippen molar-refractivity contribution >= 4 is 26.8 Å². The number of H-pyrrole nitrogens is 1. The van der Waals surface area contributed by atoms with E-state index in [0.29, 0.717) is 10.9 Å². The van der Waals surface area contributed by atoms with Gasteiger partial charge in [-0.2, -0.15) is 0 Å². The van der Waals surface area contributed by atoms with Crippen molar-refractivity contribution in [2.45, 2.75) is 13.0 Å². The number of nitrogens with zero attached hydrogens (tertiary/aromatic N) is 2. The van der Waals surface area contributed by atoms with Crippen molar-refractivity contribution < 1.29 is 13.2 Å². The number of hydrogen-bond donors (Lipinski definition) is 2. The van der Waals surface area contributed by atoms with Gasteiger partial charge in [-0.1, -0.05) is 12.1 Å². The summed E-state index contributed by atoms with van der Waals surface area (Å²) in [5, 5.41) is 2.83. The molecule has 0 aliphatic rings. The van der Waals surface area contributed by atoms with Gasteiger partial charge in [-0.05, 0) is 12.1 Å². The summed E-state index contributed by atoms with van der Waals surface area (Å²) >= 11 is 0. The van der Waals surface area contributed by atoms with E-state index in [1.54, 1.807) is 24.3 Å². The quantitative estimate of drug-likeness (QED) is 0.655. The predicted octanol–water partition coefficient (Wildman–Crippen LogP) is -0.912. The fourth-order valence-corrected chi connectivity index (χ4v) is 2.93. The van der Waals surface area contributed by atoms with Crippen LogP contribution in [0, 0.1) is 0 Å².